The molecule has 0 heterocycles. The Kier molecular flexibility index (Phi) is 7.32. The highest BCUT2D eigenvalue weighted by molar-refractivity contribution is 8.24. The van der Waals surface area contributed by atoms with Gasteiger partial charge in [-0.15, -0.1) is 23.5 Å². The highest BCUT2D eigenvalue weighted by Gasteiger charge is 2.03. The summed E-state index contributed by atoms with van der Waals surface area (Å²) >= 11 is 12.5. The quantitative estimate of drug-likeness (QED) is 0.698. The molecule has 0 rings (SSSR count). The average molecular weight is 238 g/mol. The summed E-state index contributed by atoms with van der Waals surface area (Å²) in [6.45, 7) is 3.65. The number of ketones is 1. The predicted molar refractivity (Wildman–Crippen MR) is 66.5 cm³/mol. The summed E-state index contributed by atoms with van der Waals surface area (Å²) < 4.78 is 1.62. The van der Waals surface area contributed by atoms with Gasteiger partial charge in [0.05, 0.1) is 11.5 Å². The van der Waals surface area contributed by atoms with Crippen molar-refractivity contribution in [2.75, 3.05) is 11.5 Å². The first-order valence-electron chi connectivity index (χ1n) is 3.31. The summed E-state index contributed by atoms with van der Waals surface area (Å²) in [6.07, 6.45) is 0. The second kappa shape index (κ2) is 7.00. The molecule has 1 nitrogen and oxygen atoms in total. The molecule has 5 heteroatoms. The fraction of sp³-hybridized carbons (Fsp3) is 0.571. The van der Waals surface area contributed by atoms with Crippen molar-refractivity contribution < 1.29 is 4.79 Å². The lowest BCUT2D eigenvalue weighted by molar-refractivity contribution is -0.114. The Hall–Kier alpha value is 0.550. The molecule has 0 unspecified atom stereocenters. The monoisotopic (exact) mass is 238 g/mol. The van der Waals surface area contributed by atoms with Crippen LogP contribution in [0.2, 0.25) is 0 Å². The molecule has 0 aliphatic heterocycles. The van der Waals surface area contributed by atoms with Crippen LogP contribution in [0.5, 0.6) is 0 Å². The van der Waals surface area contributed by atoms with Crippen LogP contribution < -0.4 is 0 Å². The van der Waals surface area contributed by atoms with Crippen LogP contribution in [0.25, 0.3) is 0 Å². The molecule has 0 spiro atoms. The van der Waals surface area contributed by atoms with Crippen LogP contribution in [-0.4, -0.2) is 25.7 Å². The van der Waals surface area contributed by atoms with Gasteiger partial charge in [-0.05, 0) is 13.8 Å². The Bertz CT molecular complexity index is 180. The van der Waals surface area contributed by atoms with Crippen LogP contribution in [0, 0.1) is 0 Å². The predicted octanol–water partition coefficient (Wildman–Crippen LogP) is 2.72. The van der Waals surface area contributed by atoms with E-state index in [2.05, 4.69) is 0 Å². The molecule has 0 bridgehead atoms. The molecular formula is C7H10OS4. The molecule has 12 heavy (non-hydrogen) atoms. The van der Waals surface area contributed by atoms with E-state index in [-0.39, 0.29) is 5.78 Å². The van der Waals surface area contributed by atoms with E-state index in [1.165, 1.54) is 23.5 Å². The molecule has 0 amide bonds. The highest BCUT2D eigenvalue weighted by atomic mass is 32.2. The van der Waals surface area contributed by atoms with Crippen LogP contribution in [0.1, 0.15) is 13.8 Å². The van der Waals surface area contributed by atoms with Crippen LogP contribution in [0.15, 0.2) is 0 Å². The molecule has 0 fully saturated rings. The lowest BCUT2D eigenvalue weighted by Crippen LogP contribution is -2.06. The van der Waals surface area contributed by atoms with E-state index < -0.39 is 0 Å². The summed E-state index contributed by atoms with van der Waals surface area (Å²) in [5.74, 6) is 1.15. The minimum absolute atomic E-state index is 0.193. The highest BCUT2D eigenvalue weighted by Crippen LogP contribution is 2.08. The Morgan fingerprint density at radius 2 is 1.42 bits per heavy atom. The number of thioether (sulfide) groups is 2. The zero-order valence-corrected chi connectivity index (χ0v) is 10.2. The van der Waals surface area contributed by atoms with Crippen LogP contribution in [-0.2, 0) is 4.79 Å². The van der Waals surface area contributed by atoms with Gasteiger partial charge in [0.15, 0.2) is 5.78 Å². The Balaban J connectivity index is 3.47. The fourth-order valence-electron chi connectivity index (χ4n) is 0.406. The van der Waals surface area contributed by atoms with E-state index in [0.717, 1.165) is 8.39 Å². The second-order valence-electron chi connectivity index (χ2n) is 2.10. The lowest BCUT2D eigenvalue weighted by atomic mass is 10.5. The number of rotatable bonds is 4. The smallest absolute Gasteiger partial charge is 0.153 e. The fourth-order valence-corrected chi connectivity index (χ4v) is 1.82. The van der Waals surface area contributed by atoms with Crippen LogP contribution in [0.4, 0.5) is 0 Å². The van der Waals surface area contributed by atoms with Crippen LogP contribution >= 0.6 is 48.0 Å². The summed E-state index contributed by atoms with van der Waals surface area (Å²) in [7, 11) is 0. The number of hydrogen-bond donors (Lipinski definition) is 0. The minimum Gasteiger partial charge on any atom is -0.298 e. The molecule has 0 atom stereocenters. The maximum absolute atomic E-state index is 11.1. The summed E-state index contributed by atoms with van der Waals surface area (Å²) in [6, 6.07) is 0. The molecule has 0 aliphatic carbocycles. The van der Waals surface area contributed by atoms with Crippen molar-refractivity contribution in [1.82, 2.24) is 0 Å². The lowest BCUT2D eigenvalue weighted by Gasteiger charge is -1.97. The van der Waals surface area contributed by atoms with Crippen molar-refractivity contribution in [2.45, 2.75) is 13.8 Å². The minimum atomic E-state index is 0.193. The van der Waals surface area contributed by atoms with E-state index in [4.69, 9.17) is 24.4 Å². The van der Waals surface area contributed by atoms with Gasteiger partial charge in [0.2, 0.25) is 0 Å². The number of Topliss-reactive ketones (excluding diaryl/α,β-unsaturated/α-hetero) is 1. The number of hydrogen-bond acceptors (Lipinski definition) is 5. The van der Waals surface area contributed by atoms with Crippen molar-refractivity contribution in [1.29, 1.82) is 0 Å². The van der Waals surface area contributed by atoms with Gasteiger partial charge >= 0.3 is 0 Å². The van der Waals surface area contributed by atoms with Crippen molar-refractivity contribution in [3.05, 3.63) is 0 Å². The largest absolute Gasteiger partial charge is 0.298 e. The van der Waals surface area contributed by atoms with Crippen LogP contribution in [0.3, 0.4) is 0 Å². The molecule has 0 radical (unpaired) electrons. The van der Waals surface area contributed by atoms with Gasteiger partial charge in [-0.2, -0.15) is 0 Å². The standard InChI is InChI=1S/C7H10OS4/c1-5(9)11-3-7(8)4-12-6(2)10/h3-4H2,1-2H3. The van der Waals surface area contributed by atoms with E-state index in [9.17, 15) is 4.79 Å². The van der Waals surface area contributed by atoms with E-state index in [1.54, 1.807) is 0 Å². The first kappa shape index (κ1) is 12.6. The van der Waals surface area contributed by atoms with Gasteiger partial charge < -0.3 is 0 Å². The Morgan fingerprint density at radius 3 is 1.67 bits per heavy atom. The van der Waals surface area contributed by atoms with Crippen molar-refractivity contribution in [2.24, 2.45) is 0 Å². The number of thiocarbonyl (C=S) groups is 2. The van der Waals surface area contributed by atoms with Gasteiger partial charge in [0.1, 0.15) is 0 Å². The first-order chi connectivity index (χ1) is 5.52. The molecule has 0 aromatic rings. The number of carbonyl (C=O) groups is 1. The topological polar surface area (TPSA) is 17.1 Å². The summed E-state index contributed by atoms with van der Waals surface area (Å²) in [5, 5.41) is 0. The van der Waals surface area contributed by atoms with Crippen molar-refractivity contribution in [3.8, 4) is 0 Å². The van der Waals surface area contributed by atoms with E-state index >= 15 is 0 Å². The molecule has 0 N–H and O–H groups in total. The Morgan fingerprint density at radius 1 is 1.08 bits per heavy atom. The Labute approximate surface area is 92.1 Å². The summed E-state index contributed by atoms with van der Waals surface area (Å²) in [4.78, 5) is 11.1. The zero-order chi connectivity index (χ0) is 9.56. The van der Waals surface area contributed by atoms with Crippen molar-refractivity contribution >= 4 is 62.1 Å². The third kappa shape index (κ3) is 8.64. The van der Waals surface area contributed by atoms with Gasteiger partial charge in [-0.25, -0.2) is 0 Å². The SMILES string of the molecule is CC(=S)SCC(=O)CSC(C)=S. The van der Waals surface area contributed by atoms with Gasteiger partial charge in [0.25, 0.3) is 0 Å². The molecule has 0 aromatic heterocycles. The molecule has 0 aliphatic rings. The molecule has 0 saturated heterocycles. The maximum atomic E-state index is 11.1. The van der Waals surface area contributed by atoms with Crippen molar-refractivity contribution in [3.63, 3.8) is 0 Å². The normalized spacial score (nSPS) is 9.50. The molecule has 0 saturated carbocycles. The second-order valence-corrected chi connectivity index (χ2v) is 6.22. The third-order valence-corrected chi connectivity index (χ3v) is 3.33. The van der Waals surface area contributed by atoms with Gasteiger partial charge in [0, 0.05) is 8.39 Å². The molecule has 0 aromatic carbocycles. The first-order valence-corrected chi connectivity index (χ1v) is 6.09. The molecule has 68 valence electrons. The van der Waals surface area contributed by atoms with E-state index in [0.29, 0.717) is 11.5 Å². The average Bonchev–Trinajstić information content (AvgIpc) is 1.96. The zero-order valence-electron chi connectivity index (χ0n) is 6.96. The van der Waals surface area contributed by atoms with Gasteiger partial charge in [-0.3, -0.25) is 4.79 Å². The molecular weight excluding hydrogens is 228 g/mol. The number of carbonyl (C=O) groups excluding carboxylic acids is 1. The van der Waals surface area contributed by atoms with E-state index in [1.807, 2.05) is 13.8 Å². The maximum Gasteiger partial charge on any atom is 0.153 e. The van der Waals surface area contributed by atoms with Gasteiger partial charge in [-0.1, -0.05) is 24.4 Å². The third-order valence-electron chi connectivity index (χ3n) is 0.873. The summed E-state index contributed by atoms with van der Waals surface area (Å²) in [5.41, 5.74) is 0.